The van der Waals surface area contributed by atoms with Crippen LogP contribution in [0.3, 0.4) is 0 Å². The molecule has 0 spiro atoms. The van der Waals surface area contributed by atoms with Crippen molar-refractivity contribution in [3.05, 3.63) is 48.7 Å². The molecule has 3 aliphatic rings. The van der Waals surface area contributed by atoms with Gasteiger partial charge in [0, 0.05) is 48.7 Å². The average Bonchev–Trinajstić information content (AvgIpc) is 3.15. The number of hydrogen-bond acceptors (Lipinski definition) is 10. The number of carbonyl (C=O) groups is 1. The summed E-state index contributed by atoms with van der Waals surface area (Å²) in [6.45, 7) is 1.60. The van der Waals surface area contributed by atoms with E-state index in [-0.39, 0.29) is 23.7 Å². The number of pyridine rings is 1. The van der Waals surface area contributed by atoms with Gasteiger partial charge in [-0.3, -0.25) is 4.79 Å². The number of carbonyl (C=O) groups excluding carboxylic acids is 1. The first-order valence-electron chi connectivity index (χ1n) is 12.7. The van der Waals surface area contributed by atoms with Crippen molar-refractivity contribution in [1.82, 2.24) is 15.2 Å². The number of rotatable bonds is 6. The van der Waals surface area contributed by atoms with Crippen LogP contribution in [0.5, 0.6) is 11.6 Å². The van der Waals surface area contributed by atoms with Crippen molar-refractivity contribution >= 4 is 23.2 Å². The van der Waals surface area contributed by atoms with Gasteiger partial charge >= 0.3 is 5.97 Å². The van der Waals surface area contributed by atoms with Crippen molar-refractivity contribution in [3.8, 4) is 22.9 Å². The second-order valence-corrected chi connectivity index (χ2v) is 10.00. The van der Waals surface area contributed by atoms with Gasteiger partial charge in [-0.25, -0.2) is 4.98 Å². The highest BCUT2D eigenvalue weighted by Crippen LogP contribution is 2.40. The van der Waals surface area contributed by atoms with Crippen molar-refractivity contribution in [2.24, 2.45) is 5.92 Å². The predicted octanol–water partition coefficient (Wildman–Crippen LogP) is 3.01. The fraction of sp³-hybridized carbons (Fsp3) is 0.407. The minimum atomic E-state index is -0.172. The monoisotopic (exact) mass is 502 g/mol. The molecular formula is C27H30N6O4. The first-order valence-corrected chi connectivity index (χ1v) is 12.7. The van der Waals surface area contributed by atoms with Gasteiger partial charge in [-0.1, -0.05) is 12.1 Å². The van der Waals surface area contributed by atoms with Crippen LogP contribution in [0.1, 0.15) is 25.7 Å². The lowest BCUT2D eigenvalue weighted by Gasteiger charge is -2.43. The Morgan fingerprint density at radius 2 is 1.84 bits per heavy atom. The van der Waals surface area contributed by atoms with Gasteiger partial charge in [0.25, 0.3) is 0 Å². The molecule has 2 unspecified atom stereocenters. The first-order chi connectivity index (χ1) is 18.0. The quantitative estimate of drug-likeness (QED) is 0.486. The van der Waals surface area contributed by atoms with Crippen LogP contribution in [0.4, 0.5) is 17.2 Å². The van der Waals surface area contributed by atoms with Crippen LogP contribution >= 0.6 is 0 Å². The van der Waals surface area contributed by atoms with Crippen molar-refractivity contribution in [2.75, 3.05) is 35.7 Å². The highest BCUT2D eigenvalue weighted by Gasteiger charge is 2.41. The lowest BCUT2D eigenvalue weighted by Crippen LogP contribution is -2.54. The van der Waals surface area contributed by atoms with Crippen LogP contribution in [-0.4, -0.2) is 64.6 Å². The van der Waals surface area contributed by atoms with E-state index in [1.807, 2.05) is 30.3 Å². The Morgan fingerprint density at radius 1 is 1.08 bits per heavy atom. The summed E-state index contributed by atoms with van der Waals surface area (Å²) in [5.41, 5.74) is 9.43. The largest absolute Gasteiger partial charge is 0.507 e. The number of nitrogens with zero attached hydrogens (tertiary/aromatic N) is 5. The maximum Gasteiger partial charge on any atom is 0.308 e. The van der Waals surface area contributed by atoms with E-state index in [0.717, 1.165) is 37.3 Å². The number of aromatic nitrogens is 3. The minimum Gasteiger partial charge on any atom is -0.507 e. The van der Waals surface area contributed by atoms with Gasteiger partial charge in [-0.15, -0.1) is 10.2 Å². The highest BCUT2D eigenvalue weighted by atomic mass is 16.5. The topological polar surface area (TPSA) is 127 Å². The molecule has 2 saturated heterocycles. The SMILES string of the molecule is COC(=O)C1CC(Oc2cc(N3C4CCC3CN(c3cc(-c5ccccc5O)nnc3N)C4)ccn2)C1. The number of nitrogen functional groups attached to an aromatic ring is 1. The van der Waals surface area contributed by atoms with E-state index in [1.165, 1.54) is 7.11 Å². The van der Waals surface area contributed by atoms with Gasteiger partial charge in [-0.2, -0.15) is 0 Å². The number of ether oxygens (including phenoxy) is 2. The van der Waals surface area contributed by atoms with E-state index in [2.05, 4.69) is 25.0 Å². The molecular weight excluding hydrogens is 472 g/mol. The molecule has 6 rings (SSSR count). The second-order valence-electron chi connectivity index (χ2n) is 10.00. The molecule has 0 amide bonds. The zero-order valence-electron chi connectivity index (χ0n) is 20.7. The Morgan fingerprint density at radius 3 is 2.57 bits per heavy atom. The normalized spacial score (nSPS) is 24.5. The van der Waals surface area contributed by atoms with Crippen LogP contribution in [-0.2, 0) is 9.53 Å². The third-order valence-electron chi connectivity index (χ3n) is 7.74. The zero-order valence-corrected chi connectivity index (χ0v) is 20.7. The molecule has 2 aromatic heterocycles. The molecule has 3 aromatic rings. The maximum absolute atomic E-state index is 11.7. The number of nitrogens with two attached hydrogens (primary N) is 1. The number of aromatic hydroxyl groups is 1. The van der Waals surface area contributed by atoms with Crippen molar-refractivity contribution in [2.45, 2.75) is 43.9 Å². The van der Waals surface area contributed by atoms with Crippen LogP contribution < -0.4 is 20.3 Å². The number of benzene rings is 1. The van der Waals surface area contributed by atoms with E-state index in [0.29, 0.717) is 47.9 Å². The molecule has 2 aliphatic heterocycles. The Bertz CT molecular complexity index is 1300. The third kappa shape index (κ3) is 4.36. The number of methoxy groups -OCH3 is 1. The first kappa shape index (κ1) is 23.3. The van der Waals surface area contributed by atoms with Gasteiger partial charge in [0.15, 0.2) is 5.82 Å². The fourth-order valence-corrected chi connectivity index (χ4v) is 5.80. The number of phenolic OH excluding ortho intramolecular Hbond substituents is 1. The molecule has 2 bridgehead atoms. The molecule has 0 radical (unpaired) electrons. The summed E-state index contributed by atoms with van der Waals surface area (Å²) >= 11 is 0. The Hall–Kier alpha value is -4.08. The minimum absolute atomic E-state index is 0.0131. The Balaban J connectivity index is 1.17. The average molecular weight is 503 g/mol. The third-order valence-corrected chi connectivity index (χ3v) is 7.74. The molecule has 3 N–H and O–H groups in total. The molecule has 1 aromatic carbocycles. The van der Waals surface area contributed by atoms with Gasteiger partial charge in [0.05, 0.1) is 24.4 Å². The molecule has 192 valence electrons. The standard InChI is InChI=1S/C27H30N6O4/c1-36-27(35)16-10-20(11-16)37-25-12-17(8-9-29-25)33-18-6-7-19(33)15-32(14-18)23-13-22(30-31-26(23)28)21-4-2-3-5-24(21)34/h2-5,8-9,12-13,16,18-20,34H,6-7,10-11,14-15H2,1H3,(H2,28,31). The molecule has 1 aliphatic carbocycles. The number of piperazine rings is 1. The van der Waals surface area contributed by atoms with Crippen LogP contribution in [0, 0.1) is 5.92 Å². The van der Waals surface area contributed by atoms with E-state index < -0.39 is 0 Å². The predicted molar refractivity (Wildman–Crippen MR) is 138 cm³/mol. The second kappa shape index (κ2) is 9.42. The summed E-state index contributed by atoms with van der Waals surface area (Å²) in [7, 11) is 1.42. The van der Waals surface area contributed by atoms with Crippen molar-refractivity contribution in [1.29, 1.82) is 0 Å². The van der Waals surface area contributed by atoms with Gasteiger partial charge in [0.1, 0.15) is 11.9 Å². The molecule has 10 nitrogen and oxygen atoms in total. The smallest absolute Gasteiger partial charge is 0.308 e. The maximum atomic E-state index is 11.7. The van der Waals surface area contributed by atoms with Crippen molar-refractivity contribution in [3.63, 3.8) is 0 Å². The van der Waals surface area contributed by atoms with Crippen LogP contribution in [0.25, 0.3) is 11.3 Å². The van der Waals surface area contributed by atoms with E-state index in [1.54, 1.807) is 18.3 Å². The Kier molecular flexibility index (Phi) is 5.94. The molecule has 10 heteroatoms. The van der Waals surface area contributed by atoms with E-state index in [4.69, 9.17) is 15.2 Å². The Labute approximate surface area is 215 Å². The van der Waals surface area contributed by atoms with E-state index in [9.17, 15) is 9.90 Å². The fourth-order valence-electron chi connectivity index (χ4n) is 5.80. The van der Waals surface area contributed by atoms with Crippen LogP contribution in [0.15, 0.2) is 48.7 Å². The molecule has 3 fully saturated rings. The van der Waals surface area contributed by atoms with E-state index >= 15 is 0 Å². The molecule has 4 heterocycles. The van der Waals surface area contributed by atoms with Gasteiger partial charge < -0.3 is 30.1 Å². The number of phenols is 1. The summed E-state index contributed by atoms with van der Waals surface area (Å²) in [6.07, 6.45) is 5.25. The summed E-state index contributed by atoms with van der Waals surface area (Å²) in [4.78, 5) is 20.8. The van der Waals surface area contributed by atoms with Crippen LogP contribution in [0.2, 0.25) is 0 Å². The van der Waals surface area contributed by atoms with Crippen molar-refractivity contribution < 1.29 is 19.4 Å². The molecule has 37 heavy (non-hydrogen) atoms. The zero-order chi connectivity index (χ0) is 25.5. The lowest BCUT2D eigenvalue weighted by atomic mass is 9.82. The molecule has 1 saturated carbocycles. The number of hydrogen-bond donors (Lipinski definition) is 2. The molecule has 2 atom stereocenters. The summed E-state index contributed by atoms with van der Waals surface area (Å²) in [5, 5.41) is 18.7. The number of esters is 1. The lowest BCUT2D eigenvalue weighted by molar-refractivity contribution is -0.151. The summed E-state index contributed by atoms with van der Waals surface area (Å²) < 4.78 is 10.9. The number of fused-ring (bicyclic) bond motifs is 2. The van der Waals surface area contributed by atoms with Gasteiger partial charge in [0.2, 0.25) is 5.88 Å². The summed E-state index contributed by atoms with van der Waals surface area (Å²) in [6, 6.07) is 13.7. The number of para-hydroxylation sites is 1. The highest BCUT2D eigenvalue weighted by molar-refractivity contribution is 5.75. The van der Waals surface area contributed by atoms with Gasteiger partial charge in [-0.05, 0) is 49.9 Å². The number of anilines is 3. The summed E-state index contributed by atoms with van der Waals surface area (Å²) in [5.74, 6) is 0.882.